The highest BCUT2D eigenvalue weighted by molar-refractivity contribution is 5.90. The number of anilines is 1. The lowest BCUT2D eigenvalue weighted by Crippen LogP contribution is -2.33. The summed E-state index contributed by atoms with van der Waals surface area (Å²) in [7, 11) is 0. The van der Waals surface area contributed by atoms with Gasteiger partial charge >= 0.3 is 12.2 Å². The van der Waals surface area contributed by atoms with Crippen LogP contribution in [0.2, 0.25) is 0 Å². The molecule has 0 heterocycles. The summed E-state index contributed by atoms with van der Waals surface area (Å²) in [5.74, 6) is 0.158. The van der Waals surface area contributed by atoms with Crippen LogP contribution >= 0.6 is 0 Å². The first-order chi connectivity index (χ1) is 11.1. The average Bonchev–Trinajstić information content (AvgIpc) is 2.44. The highest BCUT2D eigenvalue weighted by Crippen LogP contribution is 2.27. The quantitative estimate of drug-likeness (QED) is 0.707. The van der Waals surface area contributed by atoms with Crippen LogP contribution in [0.15, 0.2) is 18.2 Å². The molecule has 0 bridgehead atoms. The van der Waals surface area contributed by atoms with E-state index < -0.39 is 24.9 Å². The van der Waals surface area contributed by atoms with Gasteiger partial charge in [0.05, 0.1) is 6.10 Å². The first kappa shape index (κ1) is 20.1. The molecule has 0 aliphatic heterocycles. The Labute approximate surface area is 139 Å². The maximum absolute atomic E-state index is 12.2. The van der Waals surface area contributed by atoms with Crippen LogP contribution in [0.5, 0.6) is 5.75 Å². The third-order valence-electron chi connectivity index (χ3n) is 3.28. The minimum Gasteiger partial charge on any atom is -0.484 e. The smallest absolute Gasteiger partial charge is 0.422 e. The molecule has 8 heteroatoms. The number of carbonyl (C=O) groups excluding carboxylic acids is 1. The summed E-state index contributed by atoms with van der Waals surface area (Å²) in [5, 5.41) is 14.5. The number of nitrogens with one attached hydrogen (secondary N) is 2. The summed E-state index contributed by atoms with van der Waals surface area (Å²) in [5.41, 5.74) is 0.782. The molecule has 0 aliphatic rings. The summed E-state index contributed by atoms with van der Waals surface area (Å²) >= 11 is 0. The molecule has 0 radical (unpaired) electrons. The van der Waals surface area contributed by atoms with Gasteiger partial charge < -0.3 is 20.5 Å². The maximum Gasteiger partial charge on any atom is 0.422 e. The molecule has 0 fully saturated rings. The molecule has 2 amide bonds. The molecule has 5 nitrogen and oxygen atoms in total. The number of halogens is 3. The fraction of sp³-hybridized carbons (Fsp3) is 0.562. The molecule has 0 saturated carbocycles. The van der Waals surface area contributed by atoms with E-state index in [2.05, 4.69) is 10.6 Å². The van der Waals surface area contributed by atoms with Crippen LogP contribution in [0.25, 0.3) is 0 Å². The second-order valence-electron chi connectivity index (χ2n) is 5.86. The zero-order chi connectivity index (χ0) is 18.3. The molecule has 3 N–H and O–H groups in total. The largest absolute Gasteiger partial charge is 0.484 e. The SMILES string of the molecule is Cc1c(NC(=O)NCC(C)CC(C)O)cccc1OCC(F)(F)F. The second kappa shape index (κ2) is 8.77. The summed E-state index contributed by atoms with van der Waals surface area (Å²) in [6.45, 7) is 4.12. The van der Waals surface area contributed by atoms with E-state index in [4.69, 9.17) is 4.74 Å². The number of benzene rings is 1. The van der Waals surface area contributed by atoms with Gasteiger partial charge in [0.1, 0.15) is 5.75 Å². The van der Waals surface area contributed by atoms with Crippen molar-refractivity contribution in [2.24, 2.45) is 5.92 Å². The van der Waals surface area contributed by atoms with E-state index in [0.29, 0.717) is 24.2 Å². The molecule has 1 rings (SSSR count). The molecule has 0 aromatic heterocycles. The van der Waals surface area contributed by atoms with Crippen LogP contribution < -0.4 is 15.4 Å². The monoisotopic (exact) mass is 348 g/mol. The number of aliphatic hydroxyl groups excluding tert-OH is 1. The van der Waals surface area contributed by atoms with Crippen LogP contribution in [0.3, 0.4) is 0 Å². The lowest BCUT2D eigenvalue weighted by Gasteiger charge is -2.17. The van der Waals surface area contributed by atoms with Gasteiger partial charge in [-0.15, -0.1) is 0 Å². The molecule has 1 aromatic carbocycles. The highest BCUT2D eigenvalue weighted by atomic mass is 19.4. The van der Waals surface area contributed by atoms with Gasteiger partial charge in [0, 0.05) is 17.8 Å². The first-order valence-corrected chi connectivity index (χ1v) is 7.60. The maximum atomic E-state index is 12.2. The molecule has 0 saturated heterocycles. The predicted molar refractivity (Wildman–Crippen MR) is 85.2 cm³/mol. The van der Waals surface area contributed by atoms with Gasteiger partial charge in [0.2, 0.25) is 0 Å². The average molecular weight is 348 g/mol. The van der Waals surface area contributed by atoms with Gasteiger partial charge in [-0.25, -0.2) is 4.79 Å². The van der Waals surface area contributed by atoms with Crippen LogP contribution in [0.1, 0.15) is 25.8 Å². The fourth-order valence-corrected chi connectivity index (χ4v) is 2.16. The summed E-state index contributed by atoms with van der Waals surface area (Å²) < 4.78 is 41.4. The molecule has 136 valence electrons. The second-order valence-corrected chi connectivity index (χ2v) is 5.86. The molecular weight excluding hydrogens is 325 g/mol. The Balaban J connectivity index is 2.59. The van der Waals surface area contributed by atoms with E-state index in [9.17, 15) is 23.1 Å². The zero-order valence-electron chi connectivity index (χ0n) is 13.9. The van der Waals surface area contributed by atoms with Crippen molar-refractivity contribution in [1.82, 2.24) is 5.32 Å². The molecule has 24 heavy (non-hydrogen) atoms. The Hall–Kier alpha value is -1.96. The number of amides is 2. The predicted octanol–water partition coefficient (Wildman–Crippen LogP) is 3.46. The number of carbonyl (C=O) groups is 1. The molecule has 2 unspecified atom stereocenters. The molecular formula is C16H23F3N2O3. The number of ether oxygens (including phenoxy) is 1. The van der Waals surface area contributed by atoms with Crippen LogP contribution in [-0.4, -0.2) is 36.6 Å². The van der Waals surface area contributed by atoms with Crippen molar-refractivity contribution in [2.75, 3.05) is 18.5 Å². The Morgan fingerprint density at radius 3 is 2.58 bits per heavy atom. The highest BCUT2D eigenvalue weighted by Gasteiger charge is 2.28. The van der Waals surface area contributed by atoms with Gasteiger partial charge in [0.25, 0.3) is 0 Å². The van der Waals surface area contributed by atoms with E-state index in [1.807, 2.05) is 6.92 Å². The molecule has 1 aromatic rings. The Bertz CT molecular complexity index is 548. The zero-order valence-corrected chi connectivity index (χ0v) is 13.9. The Kier molecular flexibility index (Phi) is 7.34. The van der Waals surface area contributed by atoms with E-state index in [1.54, 1.807) is 19.9 Å². The number of rotatable bonds is 7. The molecule has 0 aliphatic carbocycles. The van der Waals surface area contributed by atoms with Crippen molar-refractivity contribution in [3.8, 4) is 5.75 Å². The van der Waals surface area contributed by atoms with Gasteiger partial charge in [-0.05, 0) is 38.3 Å². The van der Waals surface area contributed by atoms with Gasteiger partial charge in [-0.1, -0.05) is 13.0 Å². The van der Waals surface area contributed by atoms with Crippen molar-refractivity contribution in [1.29, 1.82) is 0 Å². The van der Waals surface area contributed by atoms with E-state index in [0.717, 1.165) is 0 Å². The topological polar surface area (TPSA) is 70.6 Å². The van der Waals surface area contributed by atoms with Gasteiger partial charge in [0.15, 0.2) is 6.61 Å². The van der Waals surface area contributed by atoms with E-state index in [1.165, 1.54) is 12.1 Å². The van der Waals surface area contributed by atoms with E-state index in [-0.39, 0.29) is 11.7 Å². The van der Waals surface area contributed by atoms with Crippen molar-refractivity contribution in [3.63, 3.8) is 0 Å². The molecule has 0 spiro atoms. The minimum atomic E-state index is -4.42. The van der Waals surface area contributed by atoms with E-state index >= 15 is 0 Å². The van der Waals surface area contributed by atoms with Crippen molar-refractivity contribution < 1.29 is 27.8 Å². The van der Waals surface area contributed by atoms with Crippen molar-refractivity contribution in [2.45, 2.75) is 39.5 Å². The summed E-state index contributed by atoms with van der Waals surface area (Å²) in [6.07, 6.45) is -4.32. The fourth-order valence-electron chi connectivity index (χ4n) is 2.16. The summed E-state index contributed by atoms with van der Waals surface area (Å²) in [4.78, 5) is 11.9. The third-order valence-corrected chi connectivity index (χ3v) is 3.28. The number of alkyl halides is 3. The third kappa shape index (κ3) is 7.54. The van der Waals surface area contributed by atoms with Gasteiger partial charge in [-0.2, -0.15) is 13.2 Å². The van der Waals surface area contributed by atoms with Crippen molar-refractivity contribution in [3.05, 3.63) is 23.8 Å². The Morgan fingerprint density at radius 2 is 2.00 bits per heavy atom. The number of hydrogen-bond acceptors (Lipinski definition) is 3. The minimum absolute atomic E-state index is 0.0626. The van der Waals surface area contributed by atoms with Crippen LogP contribution in [0, 0.1) is 12.8 Å². The van der Waals surface area contributed by atoms with Gasteiger partial charge in [-0.3, -0.25) is 0 Å². The number of aliphatic hydroxyl groups is 1. The lowest BCUT2D eigenvalue weighted by molar-refractivity contribution is -0.153. The van der Waals surface area contributed by atoms with Crippen LogP contribution in [0.4, 0.5) is 23.7 Å². The number of hydrogen-bond donors (Lipinski definition) is 3. The van der Waals surface area contributed by atoms with Crippen molar-refractivity contribution >= 4 is 11.7 Å². The normalized spacial score (nSPS) is 14.0. The standard InChI is InChI=1S/C16H23F3N2O3/c1-10(7-11(2)22)8-20-15(23)21-13-5-4-6-14(12(13)3)24-9-16(17,18)19/h4-6,10-11,22H,7-9H2,1-3H3,(H2,20,21,23). The lowest BCUT2D eigenvalue weighted by atomic mass is 10.1. The number of urea groups is 1. The van der Waals surface area contributed by atoms with Crippen LogP contribution in [-0.2, 0) is 0 Å². The molecule has 2 atom stereocenters. The first-order valence-electron chi connectivity index (χ1n) is 7.60. The Morgan fingerprint density at radius 1 is 1.33 bits per heavy atom. The summed E-state index contributed by atoms with van der Waals surface area (Å²) in [6, 6.07) is 4.02.